The highest BCUT2D eigenvalue weighted by Gasteiger charge is 2.19. The molecule has 0 amide bonds. The Morgan fingerprint density at radius 1 is 0.253 bits per heavy atom. The van der Waals surface area contributed by atoms with E-state index in [9.17, 15) is 14.4 Å². The SMILES string of the molecule is CCCCC/C=C\C/C=C\CCCCCCCC(=O)OC(COC(=O)CCCCCCC/C=C\CCCCCCCC)COC(=O)CCCCCCCCCCCCCCCCCC/C=C\C/C=C\C/C=C\CCCCCCC. The third-order valence-electron chi connectivity index (χ3n) is 15.2. The summed E-state index contributed by atoms with van der Waals surface area (Å²) in [6, 6.07) is 0. The van der Waals surface area contributed by atoms with Crippen molar-refractivity contribution in [2.45, 2.75) is 361 Å². The fourth-order valence-electron chi connectivity index (χ4n) is 9.95. The molecule has 0 fully saturated rings. The third kappa shape index (κ3) is 65.5. The number of allylic oxidation sites excluding steroid dienone is 12. The minimum atomic E-state index is -0.786. The fourth-order valence-corrected chi connectivity index (χ4v) is 9.95. The van der Waals surface area contributed by atoms with Gasteiger partial charge in [0.15, 0.2) is 6.10 Å². The summed E-state index contributed by atoms with van der Waals surface area (Å²) in [7, 11) is 0. The molecule has 1 atom stereocenters. The lowest BCUT2D eigenvalue weighted by Crippen LogP contribution is -2.30. The number of hydrogen-bond acceptors (Lipinski definition) is 6. The summed E-state index contributed by atoms with van der Waals surface area (Å²) >= 11 is 0. The molecule has 6 heteroatoms. The Bertz CT molecular complexity index is 1450. The average molecular weight is 1100 g/mol. The molecular weight excluding hydrogens is 973 g/mol. The van der Waals surface area contributed by atoms with E-state index in [2.05, 4.69) is 93.7 Å². The summed E-state index contributed by atoms with van der Waals surface area (Å²) in [4.78, 5) is 38.3. The number of esters is 3. The van der Waals surface area contributed by atoms with Crippen LogP contribution in [-0.4, -0.2) is 37.2 Å². The van der Waals surface area contributed by atoms with Crippen LogP contribution in [-0.2, 0) is 28.6 Å². The average Bonchev–Trinajstić information content (AvgIpc) is 3.45. The standard InChI is InChI=1S/C73H130O6/c1-4-7-10-13-16-19-22-25-28-29-30-31-32-33-34-35-36-37-38-39-40-41-42-43-46-48-51-54-57-60-63-66-72(75)78-69-70(79-73(76)67-64-61-58-55-52-49-45-27-24-21-18-15-12-9-6-3)68-77-71(74)65-62-59-56-53-50-47-44-26-23-20-17-14-11-8-5-2/h18,21-22,25-27,29-30,32-33,44-45,70H,4-17,19-20,23-24,28,31,34-43,46-69H2,1-3H3/b21-18-,25-22-,30-29-,33-32-,44-26-,45-27-. The summed E-state index contributed by atoms with van der Waals surface area (Å²) in [5, 5.41) is 0. The summed E-state index contributed by atoms with van der Waals surface area (Å²) in [5.41, 5.74) is 0. The second kappa shape index (κ2) is 67.4. The van der Waals surface area contributed by atoms with E-state index in [1.807, 2.05) is 0 Å². The Hall–Kier alpha value is -3.15. The molecule has 0 saturated carbocycles. The first kappa shape index (κ1) is 75.8. The van der Waals surface area contributed by atoms with Crippen LogP contribution in [0.2, 0.25) is 0 Å². The normalized spacial score (nSPS) is 12.5. The zero-order chi connectivity index (χ0) is 57.1. The van der Waals surface area contributed by atoms with Crippen LogP contribution in [0.15, 0.2) is 72.9 Å². The Balaban J connectivity index is 4.21. The summed E-state index contributed by atoms with van der Waals surface area (Å²) in [5.74, 6) is -0.887. The van der Waals surface area contributed by atoms with Gasteiger partial charge < -0.3 is 14.2 Å². The van der Waals surface area contributed by atoms with Crippen LogP contribution in [0.3, 0.4) is 0 Å². The zero-order valence-corrected chi connectivity index (χ0v) is 52.6. The maximum absolute atomic E-state index is 12.9. The van der Waals surface area contributed by atoms with Gasteiger partial charge in [-0.1, -0.05) is 293 Å². The molecule has 0 rings (SSSR count). The third-order valence-corrected chi connectivity index (χ3v) is 15.2. The van der Waals surface area contributed by atoms with E-state index in [4.69, 9.17) is 14.2 Å². The molecule has 0 N–H and O–H groups in total. The van der Waals surface area contributed by atoms with Gasteiger partial charge >= 0.3 is 17.9 Å². The predicted octanol–water partition coefficient (Wildman–Crippen LogP) is 23.7. The summed E-state index contributed by atoms with van der Waals surface area (Å²) in [6.07, 6.45) is 87.8. The first-order chi connectivity index (χ1) is 39.0. The van der Waals surface area contributed by atoms with Gasteiger partial charge in [0.1, 0.15) is 13.2 Å². The number of carbonyl (C=O) groups is 3. The highest BCUT2D eigenvalue weighted by Crippen LogP contribution is 2.17. The second-order valence-corrected chi connectivity index (χ2v) is 23.1. The molecule has 0 aliphatic rings. The molecule has 0 bridgehead atoms. The van der Waals surface area contributed by atoms with Gasteiger partial charge in [-0.15, -0.1) is 0 Å². The monoisotopic (exact) mass is 1100 g/mol. The molecule has 0 radical (unpaired) electrons. The predicted molar refractivity (Wildman–Crippen MR) is 344 cm³/mol. The van der Waals surface area contributed by atoms with E-state index in [0.29, 0.717) is 19.3 Å². The van der Waals surface area contributed by atoms with Crippen LogP contribution < -0.4 is 0 Å². The highest BCUT2D eigenvalue weighted by atomic mass is 16.6. The van der Waals surface area contributed by atoms with Crippen molar-refractivity contribution < 1.29 is 28.6 Å². The molecule has 6 nitrogen and oxygen atoms in total. The van der Waals surface area contributed by atoms with Gasteiger partial charge in [-0.05, 0) is 116 Å². The lowest BCUT2D eigenvalue weighted by atomic mass is 10.0. The molecule has 0 aromatic heterocycles. The minimum absolute atomic E-state index is 0.0811. The number of rotatable bonds is 63. The fraction of sp³-hybridized carbons (Fsp3) is 0.795. The van der Waals surface area contributed by atoms with E-state index in [-0.39, 0.29) is 31.1 Å². The lowest BCUT2D eigenvalue weighted by molar-refractivity contribution is -0.167. The lowest BCUT2D eigenvalue weighted by Gasteiger charge is -2.18. The molecule has 79 heavy (non-hydrogen) atoms. The van der Waals surface area contributed by atoms with Crippen LogP contribution in [0.1, 0.15) is 355 Å². The largest absolute Gasteiger partial charge is 0.462 e. The van der Waals surface area contributed by atoms with E-state index in [1.54, 1.807) is 0 Å². The zero-order valence-electron chi connectivity index (χ0n) is 52.6. The maximum Gasteiger partial charge on any atom is 0.306 e. The molecule has 0 spiro atoms. The van der Waals surface area contributed by atoms with E-state index in [1.165, 1.54) is 212 Å². The topological polar surface area (TPSA) is 78.9 Å². The minimum Gasteiger partial charge on any atom is -0.462 e. The molecule has 0 aromatic carbocycles. The van der Waals surface area contributed by atoms with Gasteiger partial charge in [0.2, 0.25) is 0 Å². The van der Waals surface area contributed by atoms with E-state index in [0.717, 1.165) is 103 Å². The quantitative estimate of drug-likeness (QED) is 0.0261. The molecule has 0 aliphatic heterocycles. The molecule has 1 unspecified atom stereocenters. The van der Waals surface area contributed by atoms with Crippen LogP contribution in [0, 0.1) is 0 Å². The van der Waals surface area contributed by atoms with Gasteiger partial charge in [0.25, 0.3) is 0 Å². The van der Waals surface area contributed by atoms with Gasteiger partial charge in [-0.25, -0.2) is 0 Å². The second-order valence-electron chi connectivity index (χ2n) is 23.1. The van der Waals surface area contributed by atoms with Crippen LogP contribution in [0.25, 0.3) is 0 Å². The summed E-state index contributed by atoms with van der Waals surface area (Å²) < 4.78 is 16.9. The van der Waals surface area contributed by atoms with Gasteiger partial charge in [0, 0.05) is 19.3 Å². The van der Waals surface area contributed by atoms with Crippen molar-refractivity contribution in [1.29, 1.82) is 0 Å². The van der Waals surface area contributed by atoms with Crippen molar-refractivity contribution in [1.82, 2.24) is 0 Å². The Morgan fingerprint density at radius 3 is 0.747 bits per heavy atom. The Kier molecular flexibility index (Phi) is 64.7. The van der Waals surface area contributed by atoms with Gasteiger partial charge in [-0.3, -0.25) is 14.4 Å². The number of hydrogen-bond donors (Lipinski definition) is 0. The number of unbranched alkanes of at least 4 members (excludes halogenated alkanes) is 40. The van der Waals surface area contributed by atoms with Gasteiger partial charge in [-0.2, -0.15) is 0 Å². The van der Waals surface area contributed by atoms with Crippen molar-refractivity contribution in [3.63, 3.8) is 0 Å². The van der Waals surface area contributed by atoms with Gasteiger partial charge in [0.05, 0.1) is 0 Å². The molecule has 0 aromatic rings. The number of ether oxygens (including phenoxy) is 3. The van der Waals surface area contributed by atoms with Crippen molar-refractivity contribution in [3.05, 3.63) is 72.9 Å². The van der Waals surface area contributed by atoms with Crippen molar-refractivity contribution in [3.8, 4) is 0 Å². The molecule has 0 heterocycles. The smallest absolute Gasteiger partial charge is 0.306 e. The molecule has 0 aliphatic carbocycles. The molecular formula is C73H130O6. The van der Waals surface area contributed by atoms with Crippen molar-refractivity contribution in [2.75, 3.05) is 13.2 Å². The Morgan fingerprint density at radius 2 is 0.456 bits per heavy atom. The Labute approximate surface area is 491 Å². The molecule has 0 saturated heterocycles. The molecule has 458 valence electrons. The van der Waals surface area contributed by atoms with E-state index < -0.39 is 6.10 Å². The van der Waals surface area contributed by atoms with Crippen LogP contribution in [0.4, 0.5) is 0 Å². The van der Waals surface area contributed by atoms with Crippen LogP contribution in [0.5, 0.6) is 0 Å². The maximum atomic E-state index is 12.9. The first-order valence-corrected chi connectivity index (χ1v) is 34.4. The highest BCUT2D eigenvalue weighted by molar-refractivity contribution is 5.71. The summed E-state index contributed by atoms with van der Waals surface area (Å²) in [6.45, 7) is 6.62. The van der Waals surface area contributed by atoms with Crippen molar-refractivity contribution in [2.24, 2.45) is 0 Å². The number of carbonyl (C=O) groups excluding carboxylic acids is 3. The van der Waals surface area contributed by atoms with Crippen LogP contribution >= 0.6 is 0 Å². The van der Waals surface area contributed by atoms with E-state index >= 15 is 0 Å². The van der Waals surface area contributed by atoms with Crippen molar-refractivity contribution >= 4 is 17.9 Å². The first-order valence-electron chi connectivity index (χ1n) is 34.4.